The van der Waals surface area contributed by atoms with Gasteiger partial charge in [0, 0.05) is 60.8 Å². The fourth-order valence-electron chi connectivity index (χ4n) is 6.86. The summed E-state index contributed by atoms with van der Waals surface area (Å²) in [6.07, 6.45) is 3.27. The minimum absolute atomic E-state index is 0.0214. The fraction of sp³-hybridized carbons (Fsp3) is 0.500. The molecule has 0 bridgehead atoms. The highest BCUT2D eigenvalue weighted by Gasteiger charge is 2.41. The molecule has 63 heavy (non-hydrogen) atoms. The van der Waals surface area contributed by atoms with Crippen LogP contribution in [0.25, 0.3) is 10.9 Å². The molecule has 0 aliphatic rings. The Balaban J connectivity index is 1.59. The molecule has 0 aliphatic heterocycles. The van der Waals surface area contributed by atoms with E-state index in [9.17, 15) is 33.6 Å². The normalized spacial score (nSPS) is 13.8. The molecule has 2 aromatic carbocycles. The number of hydrogen-bond acceptors (Lipinski definition) is 11. The van der Waals surface area contributed by atoms with Crippen LogP contribution in [0.3, 0.4) is 0 Å². The molecule has 0 spiro atoms. The van der Waals surface area contributed by atoms with Crippen LogP contribution in [-0.4, -0.2) is 109 Å². The highest BCUT2D eigenvalue weighted by atomic mass is 16.5. The molecule has 3 rings (SSSR count). The number of hydrogen-bond donors (Lipinski definition) is 6. The first-order valence-electron chi connectivity index (χ1n) is 21.0. The van der Waals surface area contributed by atoms with Crippen molar-refractivity contribution in [2.24, 2.45) is 18.2 Å². The van der Waals surface area contributed by atoms with Crippen molar-refractivity contribution in [3.05, 3.63) is 77.5 Å². The number of para-hydroxylation sites is 1. The van der Waals surface area contributed by atoms with E-state index in [1.807, 2.05) is 76.7 Å². The lowest BCUT2D eigenvalue weighted by Gasteiger charge is -2.38. The van der Waals surface area contributed by atoms with Gasteiger partial charge >= 0.3 is 11.9 Å². The number of nitrogens with one attached hydrogen (secondary N) is 5. The van der Waals surface area contributed by atoms with E-state index in [1.165, 1.54) is 18.7 Å². The number of ether oxygens (including phenoxy) is 2. The van der Waals surface area contributed by atoms with Crippen LogP contribution >= 0.6 is 0 Å². The second kappa shape index (κ2) is 22.9. The molecule has 0 radical (unpaired) electrons. The molecule has 0 fully saturated rings. The lowest BCUT2D eigenvalue weighted by atomic mass is 9.76. The number of carbonyl (C=O) groups is 7. The van der Waals surface area contributed by atoms with Crippen molar-refractivity contribution in [1.82, 2.24) is 30.7 Å². The van der Waals surface area contributed by atoms with Crippen molar-refractivity contribution in [1.29, 1.82) is 0 Å². The van der Waals surface area contributed by atoms with E-state index >= 15 is 0 Å². The lowest BCUT2D eigenvalue weighted by molar-refractivity contribution is -0.149. The SMILES string of the molecule is CCOC(=O)[C@@H](CCC(=O)OCc1ccc(NC(=O)CNC(=O)[C@H](C)N)cc1)NC(=O)/C(C)=C/CN(C)C(=O)C(NC(=O)[C@@H](NC)C(C)(C)c1cn(C)c2ccccc12)C(C)(C)C. The largest absolute Gasteiger partial charge is 0.464 e. The Morgan fingerprint density at radius 2 is 1.56 bits per heavy atom. The van der Waals surface area contributed by atoms with Gasteiger partial charge in [0.2, 0.25) is 29.5 Å². The minimum Gasteiger partial charge on any atom is -0.464 e. The predicted molar refractivity (Wildman–Crippen MR) is 241 cm³/mol. The molecule has 1 unspecified atom stereocenters. The van der Waals surface area contributed by atoms with Crippen LogP contribution in [0.15, 0.2) is 66.4 Å². The number of benzene rings is 2. The number of fused-ring (bicyclic) bond motifs is 1. The zero-order valence-electron chi connectivity index (χ0n) is 38.5. The first-order chi connectivity index (χ1) is 29.5. The smallest absolute Gasteiger partial charge is 0.328 e. The number of amides is 5. The minimum atomic E-state index is -1.16. The van der Waals surface area contributed by atoms with E-state index in [0.717, 1.165) is 16.5 Å². The van der Waals surface area contributed by atoms with Gasteiger partial charge in [0.1, 0.15) is 18.7 Å². The molecule has 17 heteroatoms. The molecule has 1 aromatic heterocycles. The van der Waals surface area contributed by atoms with E-state index in [-0.39, 0.29) is 56.5 Å². The number of aromatic nitrogens is 1. The molecule has 3 aromatic rings. The van der Waals surface area contributed by atoms with Gasteiger partial charge in [-0.05, 0) is 69.0 Å². The summed E-state index contributed by atoms with van der Waals surface area (Å²) in [5.41, 5.74) is 7.47. The first-order valence-corrected chi connectivity index (χ1v) is 21.0. The second-order valence-electron chi connectivity index (χ2n) is 17.3. The van der Waals surface area contributed by atoms with Gasteiger partial charge < -0.3 is 51.3 Å². The quantitative estimate of drug-likeness (QED) is 0.0673. The number of esters is 2. The predicted octanol–water partition coefficient (Wildman–Crippen LogP) is 2.95. The number of carbonyl (C=O) groups excluding carboxylic acids is 7. The molecule has 4 atom stereocenters. The van der Waals surface area contributed by atoms with Gasteiger partial charge in [-0.15, -0.1) is 0 Å². The van der Waals surface area contributed by atoms with Crippen LogP contribution in [0.4, 0.5) is 5.69 Å². The van der Waals surface area contributed by atoms with Gasteiger partial charge in [0.05, 0.1) is 25.2 Å². The number of likely N-dealkylation sites (N-methyl/N-ethyl adjacent to an activating group) is 2. The highest BCUT2D eigenvalue weighted by molar-refractivity contribution is 5.97. The van der Waals surface area contributed by atoms with Crippen molar-refractivity contribution in [2.75, 3.05) is 39.1 Å². The summed E-state index contributed by atoms with van der Waals surface area (Å²) in [5, 5.41) is 14.9. The lowest BCUT2D eigenvalue weighted by Crippen LogP contribution is -2.60. The molecular formula is C46H66N8O9. The van der Waals surface area contributed by atoms with Gasteiger partial charge in [-0.1, -0.05) is 71.0 Å². The maximum Gasteiger partial charge on any atom is 0.328 e. The van der Waals surface area contributed by atoms with Crippen molar-refractivity contribution in [3.8, 4) is 0 Å². The van der Waals surface area contributed by atoms with Gasteiger partial charge in [-0.2, -0.15) is 0 Å². The van der Waals surface area contributed by atoms with Crippen LogP contribution in [-0.2, 0) is 62.1 Å². The van der Waals surface area contributed by atoms with Crippen LogP contribution in [0.2, 0.25) is 0 Å². The van der Waals surface area contributed by atoms with Crippen LogP contribution in [0.1, 0.15) is 79.4 Å². The third-order valence-corrected chi connectivity index (χ3v) is 10.7. The molecule has 5 amide bonds. The van der Waals surface area contributed by atoms with Crippen LogP contribution in [0.5, 0.6) is 0 Å². The van der Waals surface area contributed by atoms with E-state index in [2.05, 4.69) is 26.6 Å². The van der Waals surface area contributed by atoms with E-state index in [0.29, 0.717) is 11.3 Å². The third kappa shape index (κ3) is 14.5. The number of aryl methyl sites for hydroxylation is 1. The van der Waals surface area contributed by atoms with Gasteiger partial charge in [0.25, 0.3) is 0 Å². The van der Waals surface area contributed by atoms with E-state index in [1.54, 1.807) is 51.4 Å². The molecule has 344 valence electrons. The van der Waals surface area contributed by atoms with Crippen molar-refractivity contribution < 1.29 is 43.0 Å². The number of rotatable bonds is 21. The Kier molecular flexibility index (Phi) is 18.6. The van der Waals surface area contributed by atoms with Crippen LogP contribution in [0, 0.1) is 5.41 Å². The number of nitrogens with zero attached hydrogens (tertiary/aromatic N) is 2. The van der Waals surface area contributed by atoms with Crippen LogP contribution < -0.4 is 32.3 Å². The Morgan fingerprint density at radius 1 is 0.905 bits per heavy atom. The number of anilines is 1. The second-order valence-corrected chi connectivity index (χ2v) is 17.3. The summed E-state index contributed by atoms with van der Waals surface area (Å²) in [6.45, 7) is 14.0. The average Bonchev–Trinajstić information content (AvgIpc) is 3.58. The highest BCUT2D eigenvalue weighted by Crippen LogP contribution is 2.35. The topological polar surface area (TPSA) is 232 Å². The Hall–Kier alpha value is -6.07. The Bertz CT molecular complexity index is 2140. The molecule has 1 heterocycles. The zero-order valence-corrected chi connectivity index (χ0v) is 38.5. The average molecular weight is 875 g/mol. The third-order valence-electron chi connectivity index (χ3n) is 10.7. The van der Waals surface area contributed by atoms with E-state index in [4.69, 9.17) is 15.2 Å². The summed E-state index contributed by atoms with van der Waals surface area (Å²) in [6, 6.07) is 11.0. The molecule has 0 saturated carbocycles. The van der Waals surface area contributed by atoms with Gasteiger partial charge in [0.15, 0.2) is 0 Å². The van der Waals surface area contributed by atoms with E-state index < -0.39 is 64.7 Å². The number of nitrogens with two attached hydrogens (primary N) is 1. The maximum atomic E-state index is 14.1. The fourth-order valence-corrected chi connectivity index (χ4v) is 6.86. The Morgan fingerprint density at radius 3 is 2.16 bits per heavy atom. The van der Waals surface area contributed by atoms with Crippen molar-refractivity contribution in [3.63, 3.8) is 0 Å². The summed E-state index contributed by atoms with van der Waals surface area (Å²) < 4.78 is 12.6. The maximum absolute atomic E-state index is 14.1. The molecule has 0 saturated heterocycles. The molecule has 7 N–H and O–H groups in total. The summed E-state index contributed by atoms with van der Waals surface area (Å²) in [7, 11) is 5.27. The van der Waals surface area contributed by atoms with Crippen molar-refractivity contribution in [2.45, 2.75) is 104 Å². The zero-order chi connectivity index (χ0) is 47.2. The summed E-state index contributed by atoms with van der Waals surface area (Å²) in [5.74, 6) is -3.53. The molecule has 17 nitrogen and oxygen atoms in total. The molecular weight excluding hydrogens is 809 g/mol. The standard InChI is InChI=1S/C46H66N8O9/c1-12-62-44(61)34(21-22-37(56)63-27-30-17-19-31(20-18-30)50-36(55)25-49-41(58)29(3)47)51-40(57)28(2)23-24-53(10)43(60)39(45(4,5)6)52-42(59)38(48-9)46(7,8)33-26-54(11)35-16-14-13-15-32(33)35/h13-20,23,26,29,34,38-39,48H,12,21-22,24-25,27,47H2,1-11H3,(H,49,58)(H,50,55)(H,51,57)(H,52,59)/b28-23+/t29-,34+,38+,39?/m0/s1. The monoisotopic (exact) mass is 874 g/mol. The van der Waals surface area contributed by atoms with Gasteiger partial charge in [-0.25, -0.2) is 4.79 Å². The molecule has 0 aliphatic carbocycles. The summed E-state index contributed by atoms with van der Waals surface area (Å²) in [4.78, 5) is 92.0. The summed E-state index contributed by atoms with van der Waals surface area (Å²) >= 11 is 0. The Labute approximate surface area is 370 Å². The first kappa shape index (κ1) is 51.3. The van der Waals surface area contributed by atoms with Gasteiger partial charge in [-0.3, -0.25) is 28.8 Å². The van der Waals surface area contributed by atoms with Crippen molar-refractivity contribution >= 4 is 58.1 Å².